The third-order valence-electron chi connectivity index (χ3n) is 3.11. The van der Waals surface area contributed by atoms with Crippen molar-refractivity contribution < 1.29 is 9.13 Å². The van der Waals surface area contributed by atoms with E-state index in [2.05, 4.69) is 21.2 Å². The van der Waals surface area contributed by atoms with Crippen molar-refractivity contribution in [2.24, 2.45) is 0 Å². The Morgan fingerprint density at radius 3 is 2.75 bits per heavy atom. The van der Waals surface area contributed by atoms with Gasteiger partial charge in [-0.25, -0.2) is 4.39 Å². The lowest BCUT2D eigenvalue weighted by Crippen LogP contribution is -2.23. The second-order valence-corrected chi connectivity index (χ2v) is 6.25. The van der Waals surface area contributed by atoms with Gasteiger partial charge in [0.25, 0.3) is 0 Å². The van der Waals surface area contributed by atoms with Gasteiger partial charge in [0, 0.05) is 33.4 Å². The van der Waals surface area contributed by atoms with Gasteiger partial charge in [0.2, 0.25) is 0 Å². The van der Waals surface area contributed by atoms with Crippen LogP contribution in [0, 0.1) is 5.82 Å². The highest BCUT2D eigenvalue weighted by Gasteiger charge is 2.18. The maximum Gasteiger partial charge on any atom is 0.131 e. The fourth-order valence-electron chi connectivity index (χ4n) is 2.11. The monoisotopic (exact) mass is 357 g/mol. The lowest BCUT2D eigenvalue weighted by atomic mass is 10.0. The molecule has 0 radical (unpaired) electrons. The van der Waals surface area contributed by atoms with Gasteiger partial charge in [0.1, 0.15) is 11.6 Å². The lowest BCUT2D eigenvalue weighted by molar-refractivity contribution is 0.409. The van der Waals surface area contributed by atoms with E-state index < -0.39 is 0 Å². The summed E-state index contributed by atoms with van der Waals surface area (Å²) in [6, 6.07) is 7.01. The van der Waals surface area contributed by atoms with Crippen molar-refractivity contribution >= 4 is 27.3 Å². The first kappa shape index (κ1) is 15.5. The van der Waals surface area contributed by atoms with Crippen molar-refractivity contribution in [3.63, 3.8) is 0 Å². The van der Waals surface area contributed by atoms with Gasteiger partial charge in [0.15, 0.2) is 0 Å². The molecule has 0 saturated carbocycles. The molecule has 0 fully saturated rings. The van der Waals surface area contributed by atoms with Crippen LogP contribution in [0.1, 0.15) is 23.4 Å². The van der Waals surface area contributed by atoms with Crippen LogP contribution >= 0.6 is 27.3 Å². The molecule has 1 N–H and O–H groups in total. The number of rotatable bonds is 6. The molecule has 2 aromatic rings. The minimum atomic E-state index is -0.233. The number of hydrogen-bond acceptors (Lipinski definition) is 3. The Balaban J connectivity index is 2.26. The van der Waals surface area contributed by atoms with Gasteiger partial charge < -0.3 is 10.1 Å². The first-order valence-electron chi connectivity index (χ1n) is 6.44. The molecule has 0 aliphatic rings. The summed E-state index contributed by atoms with van der Waals surface area (Å²) in [7, 11) is 1.54. The smallest absolute Gasteiger partial charge is 0.131 e. The normalized spacial score (nSPS) is 12.4. The van der Waals surface area contributed by atoms with Crippen molar-refractivity contribution in [2.75, 3.05) is 13.7 Å². The third kappa shape index (κ3) is 3.59. The Hall–Kier alpha value is -0.910. The van der Waals surface area contributed by atoms with Crippen LogP contribution in [0.2, 0.25) is 0 Å². The quantitative estimate of drug-likeness (QED) is 0.818. The number of thiophene rings is 1. The Morgan fingerprint density at radius 1 is 1.40 bits per heavy atom. The fourth-order valence-corrected chi connectivity index (χ4v) is 3.67. The highest BCUT2D eigenvalue weighted by atomic mass is 79.9. The summed E-state index contributed by atoms with van der Waals surface area (Å²) in [5.74, 6) is 0.307. The molecule has 5 heteroatoms. The van der Waals surface area contributed by atoms with Gasteiger partial charge in [0.05, 0.1) is 7.11 Å². The Bertz CT molecular complexity index is 573. The minimum absolute atomic E-state index is 0.0409. The topological polar surface area (TPSA) is 21.3 Å². The highest BCUT2D eigenvalue weighted by molar-refractivity contribution is 9.10. The summed E-state index contributed by atoms with van der Waals surface area (Å²) in [6.07, 6.45) is 0.759. The number of hydrogen-bond donors (Lipinski definition) is 1. The minimum Gasteiger partial charge on any atom is -0.497 e. The number of benzene rings is 1. The second kappa shape index (κ2) is 7.20. The number of halogens is 2. The molecule has 1 aromatic heterocycles. The molecule has 0 spiro atoms. The first-order valence-corrected chi connectivity index (χ1v) is 8.11. The zero-order chi connectivity index (χ0) is 14.5. The maximum absolute atomic E-state index is 14.2. The van der Waals surface area contributed by atoms with Crippen LogP contribution < -0.4 is 10.1 Å². The molecule has 0 bridgehead atoms. The average Bonchev–Trinajstić information content (AvgIpc) is 2.84. The molecular formula is C15H17BrFNOS. The van der Waals surface area contributed by atoms with Crippen LogP contribution in [-0.2, 0) is 6.42 Å². The van der Waals surface area contributed by atoms with Gasteiger partial charge in [-0.2, -0.15) is 0 Å². The summed E-state index contributed by atoms with van der Waals surface area (Å²) in [5.41, 5.74) is 0.674. The third-order valence-corrected chi connectivity index (χ3v) is 5.06. The van der Waals surface area contributed by atoms with E-state index in [-0.39, 0.29) is 11.9 Å². The fraction of sp³-hybridized carbons (Fsp3) is 0.333. The standard InChI is InChI=1S/C15H17BrFNOS/c1-3-18-14(9-15-12(16)6-7-20-15)11-5-4-10(19-2)8-13(11)17/h4-8,14,18H,3,9H2,1-2H3. The Labute approximate surface area is 131 Å². The van der Waals surface area contributed by atoms with Gasteiger partial charge in [-0.3, -0.25) is 0 Å². The van der Waals surface area contributed by atoms with E-state index in [4.69, 9.17) is 4.74 Å². The molecular weight excluding hydrogens is 341 g/mol. The summed E-state index contributed by atoms with van der Waals surface area (Å²) in [5, 5.41) is 5.38. The van der Waals surface area contributed by atoms with E-state index in [0.29, 0.717) is 11.3 Å². The van der Waals surface area contributed by atoms with Gasteiger partial charge in [-0.1, -0.05) is 13.0 Å². The molecule has 1 atom stereocenters. The van der Waals surface area contributed by atoms with Crippen molar-refractivity contribution in [2.45, 2.75) is 19.4 Å². The van der Waals surface area contributed by atoms with Gasteiger partial charge in [-0.05, 0) is 40.0 Å². The molecule has 1 aromatic carbocycles. The number of methoxy groups -OCH3 is 1. The molecule has 2 nitrogen and oxygen atoms in total. The molecule has 0 aliphatic heterocycles. The first-order chi connectivity index (χ1) is 9.65. The molecule has 1 unspecified atom stereocenters. The van der Waals surface area contributed by atoms with Gasteiger partial charge >= 0.3 is 0 Å². The number of nitrogens with one attached hydrogen (secondary N) is 1. The van der Waals surface area contributed by atoms with Crippen LogP contribution in [0.25, 0.3) is 0 Å². The predicted octanol–water partition coefficient (Wildman–Crippen LogP) is 4.55. The number of ether oxygens (including phenoxy) is 1. The van der Waals surface area contributed by atoms with E-state index in [9.17, 15) is 4.39 Å². The predicted molar refractivity (Wildman–Crippen MR) is 85.1 cm³/mol. The molecule has 2 rings (SSSR count). The number of likely N-dealkylation sites (N-methyl/N-ethyl adjacent to an activating group) is 1. The Kier molecular flexibility index (Phi) is 5.57. The van der Waals surface area contributed by atoms with Crippen LogP contribution in [0.4, 0.5) is 4.39 Å². The van der Waals surface area contributed by atoms with Crippen LogP contribution in [-0.4, -0.2) is 13.7 Å². The average molecular weight is 358 g/mol. The van der Waals surface area contributed by atoms with Crippen molar-refractivity contribution in [3.8, 4) is 5.75 Å². The summed E-state index contributed by atoms with van der Waals surface area (Å²) in [6.45, 7) is 2.82. The van der Waals surface area contributed by atoms with E-state index >= 15 is 0 Å². The van der Waals surface area contributed by atoms with E-state index in [1.807, 2.05) is 18.4 Å². The van der Waals surface area contributed by atoms with Crippen molar-refractivity contribution in [1.29, 1.82) is 0 Å². The van der Waals surface area contributed by atoms with Crippen molar-refractivity contribution in [1.82, 2.24) is 5.32 Å². The maximum atomic E-state index is 14.2. The molecule has 0 saturated heterocycles. The largest absolute Gasteiger partial charge is 0.497 e. The molecule has 0 aliphatic carbocycles. The lowest BCUT2D eigenvalue weighted by Gasteiger charge is -2.19. The van der Waals surface area contributed by atoms with Crippen molar-refractivity contribution in [3.05, 3.63) is 50.4 Å². The molecule has 0 amide bonds. The zero-order valence-electron chi connectivity index (χ0n) is 11.5. The van der Waals surface area contributed by atoms with Crippen LogP contribution in [0.15, 0.2) is 34.1 Å². The SMILES string of the molecule is CCNC(Cc1sccc1Br)c1ccc(OC)cc1F. The van der Waals surface area contributed by atoms with Crippen LogP contribution in [0.3, 0.4) is 0 Å². The van der Waals surface area contributed by atoms with E-state index in [1.54, 1.807) is 30.6 Å². The zero-order valence-corrected chi connectivity index (χ0v) is 13.9. The summed E-state index contributed by atoms with van der Waals surface area (Å²) in [4.78, 5) is 1.21. The molecule has 108 valence electrons. The second-order valence-electron chi connectivity index (χ2n) is 4.39. The molecule has 20 heavy (non-hydrogen) atoms. The summed E-state index contributed by atoms with van der Waals surface area (Å²) >= 11 is 5.21. The van der Waals surface area contributed by atoms with Gasteiger partial charge in [-0.15, -0.1) is 11.3 Å². The molecule has 1 heterocycles. The van der Waals surface area contributed by atoms with E-state index in [0.717, 1.165) is 17.4 Å². The van der Waals surface area contributed by atoms with Crippen LogP contribution in [0.5, 0.6) is 5.75 Å². The summed E-state index contributed by atoms with van der Waals surface area (Å²) < 4.78 is 20.3. The van der Waals surface area contributed by atoms with E-state index in [1.165, 1.54) is 10.9 Å². The Morgan fingerprint density at radius 2 is 2.20 bits per heavy atom. The highest BCUT2D eigenvalue weighted by Crippen LogP contribution is 2.30.